The number of unbranched alkanes of at least 4 members (excludes halogenated alkanes) is 6. The van der Waals surface area contributed by atoms with Gasteiger partial charge < -0.3 is 24.1 Å². The Labute approximate surface area is 231 Å². The molecule has 3 fully saturated rings. The molecule has 1 saturated heterocycles. The minimum Gasteiger partial charge on any atom is -0.477 e. The van der Waals surface area contributed by atoms with Crippen LogP contribution in [0.25, 0.3) is 0 Å². The first kappa shape index (κ1) is 26.9. The second-order valence-corrected chi connectivity index (χ2v) is 12.3. The molecule has 214 valence electrons. The van der Waals surface area contributed by atoms with Gasteiger partial charge in [0.2, 0.25) is 6.79 Å². The van der Waals surface area contributed by atoms with Gasteiger partial charge in [0.15, 0.2) is 23.4 Å². The van der Waals surface area contributed by atoms with E-state index in [0.29, 0.717) is 37.4 Å². The molecule has 0 amide bonds. The maximum absolute atomic E-state index is 13.2. The number of ether oxygens (including phenoxy) is 4. The van der Waals surface area contributed by atoms with E-state index in [-0.39, 0.29) is 18.6 Å². The van der Waals surface area contributed by atoms with Crippen molar-refractivity contribution in [2.75, 3.05) is 26.5 Å². The van der Waals surface area contributed by atoms with Gasteiger partial charge in [-0.25, -0.2) is 4.79 Å². The maximum atomic E-state index is 13.2. The van der Waals surface area contributed by atoms with Crippen LogP contribution >= 0.6 is 0 Å². The minimum atomic E-state index is -1.01. The second-order valence-electron chi connectivity index (χ2n) is 12.3. The molecule has 0 radical (unpaired) electrons. The van der Waals surface area contributed by atoms with Gasteiger partial charge in [-0.05, 0) is 62.6 Å². The van der Waals surface area contributed by atoms with E-state index in [0.717, 1.165) is 55.8 Å². The lowest BCUT2D eigenvalue weighted by Gasteiger charge is -2.62. The van der Waals surface area contributed by atoms with E-state index in [1.54, 1.807) is 0 Å². The van der Waals surface area contributed by atoms with E-state index in [9.17, 15) is 14.7 Å². The standard InChI is InChI=1S/C31H43NO7/c1-2-3-4-5-6-7-8-17-36-29(34)38-20-37-24-12-11-22-18-25-31(35)14-13-23(33)28-30(31,26(22)27(24)39-28)15-16-32(25)19-21-9-10-21/h11-12,21,25,28,35H,2-10,13-20H2,1H3/t25?,28-,30-,31+/m0/s1. The Kier molecular flexibility index (Phi) is 7.53. The summed E-state index contributed by atoms with van der Waals surface area (Å²) in [5.74, 6) is 1.75. The van der Waals surface area contributed by atoms with Crippen LogP contribution in [0.5, 0.6) is 11.5 Å². The Hall–Kier alpha value is -2.32. The number of piperidine rings is 1. The SMILES string of the molecule is CCCCCCCCCOC(=O)OCOc1ccc2c3c1O[C@H]1C(=O)CC[C@@]4(O)C(C2)N(CC2CC2)CC[C@]314. The Bertz CT molecular complexity index is 1090. The number of ketones is 1. The number of hydrogen-bond donors (Lipinski definition) is 1. The number of Topliss-reactive ketones (excluding diaryl/α,β-unsaturated/α-hetero) is 1. The largest absolute Gasteiger partial charge is 0.511 e. The Morgan fingerprint density at radius 1 is 1.10 bits per heavy atom. The van der Waals surface area contributed by atoms with Crippen molar-refractivity contribution in [1.29, 1.82) is 0 Å². The molecule has 1 N–H and O–H groups in total. The van der Waals surface area contributed by atoms with Crippen molar-refractivity contribution in [2.45, 2.75) is 114 Å². The average molecular weight is 542 g/mol. The molecular weight excluding hydrogens is 498 g/mol. The summed E-state index contributed by atoms with van der Waals surface area (Å²) in [7, 11) is 0. The molecule has 1 aromatic rings. The van der Waals surface area contributed by atoms with Crippen LogP contribution in [0.2, 0.25) is 0 Å². The average Bonchev–Trinajstić information content (AvgIpc) is 3.67. The normalized spacial score (nSPS) is 30.5. The molecule has 6 rings (SSSR count). The van der Waals surface area contributed by atoms with Crippen LogP contribution in [0.1, 0.15) is 95.1 Å². The van der Waals surface area contributed by atoms with Crippen LogP contribution in [0.4, 0.5) is 4.79 Å². The molecule has 8 nitrogen and oxygen atoms in total. The molecule has 1 aromatic carbocycles. The molecule has 8 heteroatoms. The third-order valence-electron chi connectivity index (χ3n) is 9.90. The molecule has 1 spiro atoms. The summed E-state index contributed by atoms with van der Waals surface area (Å²) in [5.41, 5.74) is 0.307. The summed E-state index contributed by atoms with van der Waals surface area (Å²) < 4.78 is 22.6. The molecule has 2 heterocycles. The van der Waals surface area contributed by atoms with Crippen LogP contribution in [-0.4, -0.2) is 66.2 Å². The van der Waals surface area contributed by atoms with Crippen molar-refractivity contribution in [2.24, 2.45) is 5.92 Å². The van der Waals surface area contributed by atoms with Crippen LogP contribution < -0.4 is 9.47 Å². The third kappa shape index (κ3) is 4.71. The number of carbonyl (C=O) groups excluding carboxylic acids is 2. The molecule has 2 saturated carbocycles. The van der Waals surface area contributed by atoms with Gasteiger partial charge in [0.25, 0.3) is 0 Å². The van der Waals surface area contributed by atoms with Gasteiger partial charge in [-0.2, -0.15) is 0 Å². The molecule has 39 heavy (non-hydrogen) atoms. The van der Waals surface area contributed by atoms with Crippen molar-refractivity contribution >= 4 is 11.9 Å². The molecule has 3 aliphatic carbocycles. The Morgan fingerprint density at radius 3 is 2.69 bits per heavy atom. The number of benzene rings is 1. The van der Waals surface area contributed by atoms with Crippen molar-refractivity contribution < 1.29 is 33.6 Å². The molecule has 5 aliphatic rings. The van der Waals surface area contributed by atoms with Gasteiger partial charge in [0, 0.05) is 24.6 Å². The zero-order chi connectivity index (χ0) is 27.0. The first-order valence-electron chi connectivity index (χ1n) is 15.2. The van der Waals surface area contributed by atoms with Gasteiger partial charge in [-0.15, -0.1) is 0 Å². The third-order valence-corrected chi connectivity index (χ3v) is 9.90. The summed E-state index contributed by atoms with van der Waals surface area (Å²) in [6.07, 6.45) is 11.3. The first-order chi connectivity index (χ1) is 19.0. The number of nitrogens with zero attached hydrogens (tertiary/aromatic N) is 1. The molecule has 0 aromatic heterocycles. The highest BCUT2D eigenvalue weighted by Gasteiger charge is 2.73. The van der Waals surface area contributed by atoms with Crippen molar-refractivity contribution in [3.8, 4) is 11.5 Å². The van der Waals surface area contributed by atoms with E-state index in [1.807, 2.05) is 12.1 Å². The summed E-state index contributed by atoms with van der Waals surface area (Å²) in [5, 5.41) is 12.3. The van der Waals surface area contributed by atoms with E-state index in [1.165, 1.54) is 38.5 Å². The molecule has 2 aliphatic heterocycles. The first-order valence-corrected chi connectivity index (χ1v) is 15.2. The van der Waals surface area contributed by atoms with E-state index >= 15 is 0 Å². The highest BCUT2D eigenvalue weighted by atomic mass is 16.8. The van der Waals surface area contributed by atoms with Crippen LogP contribution in [0.15, 0.2) is 12.1 Å². The fraction of sp³-hybridized carbons (Fsp3) is 0.742. The van der Waals surface area contributed by atoms with Crippen LogP contribution in [0.3, 0.4) is 0 Å². The van der Waals surface area contributed by atoms with Gasteiger partial charge in [0.05, 0.1) is 17.6 Å². The van der Waals surface area contributed by atoms with Crippen LogP contribution in [-0.2, 0) is 26.1 Å². The monoisotopic (exact) mass is 541 g/mol. The highest BCUT2D eigenvalue weighted by molar-refractivity contribution is 5.90. The molecule has 2 bridgehead atoms. The summed E-state index contributed by atoms with van der Waals surface area (Å²) in [6.45, 7) is 4.12. The topological polar surface area (TPSA) is 94.5 Å². The summed E-state index contributed by atoms with van der Waals surface area (Å²) in [4.78, 5) is 27.7. The lowest BCUT2D eigenvalue weighted by Crippen LogP contribution is -2.76. The zero-order valence-electron chi connectivity index (χ0n) is 23.3. The Balaban J connectivity index is 1.10. The predicted octanol–water partition coefficient (Wildman–Crippen LogP) is 5.06. The van der Waals surface area contributed by atoms with E-state index in [2.05, 4.69) is 11.8 Å². The fourth-order valence-electron chi connectivity index (χ4n) is 7.76. The van der Waals surface area contributed by atoms with Gasteiger partial charge in [-0.1, -0.05) is 51.5 Å². The van der Waals surface area contributed by atoms with Gasteiger partial charge in [-0.3, -0.25) is 9.69 Å². The van der Waals surface area contributed by atoms with Crippen molar-refractivity contribution in [1.82, 2.24) is 4.90 Å². The Morgan fingerprint density at radius 2 is 1.90 bits per heavy atom. The van der Waals surface area contributed by atoms with Crippen molar-refractivity contribution in [3.63, 3.8) is 0 Å². The van der Waals surface area contributed by atoms with Crippen molar-refractivity contribution in [3.05, 3.63) is 23.3 Å². The fourth-order valence-corrected chi connectivity index (χ4v) is 7.76. The maximum Gasteiger partial charge on any atom is 0.511 e. The molecule has 1 unspecified atom stereocenters. The van der Waals surface area contributed by atoms with Crippen LogP contribution in [0, 0.1) is 5.92 Å². The minimum absolute atomic E-state index is 0.00860. The number of hydrogen-bond acceptors (Lipinski definition) is 8. The summed E-state index contributed by atoms with van der Waals surface area (Å²) >= 11 is 0. The lowest BCUT2D eigenvalue weighted by atomic mass is 9.49. The summed E-state index contributed by atoms with van der Waals surface area (Å²) in [6, 6.07) is 3.86. The molecular formula is C31H43NO7. The second kappa shape index (κ2) is 10.9. The quantitative estimate of drug-likeness (QED) is 0.210. The van der Waals surface area contributed by atoms with Gasteiger partial charge >= 0.3 is 6.16 Å². The smallest absolute Gasteiger partial charge is 0.477 e. The van der Waals surface area contributed by atoms with Gasteiger partial charge in [0.1, 0.15) is 0 Å². The van der Waals surface area contributed by atoms with E-state index in [4.69, 9.17) is 18.9 Å². The number of rotatable bonds is 13. The number of carbonyl (C=O) groups is 2. The molecule has 4 atom stereocenters. The number of aliphatic hydroxyl groups is 1. The zero-order valence-corrected chi connectivity index (χ0v) is 23.3. The van der Waals surface area contributed by atoms with E-state index < -0.39 is 23.3 Å². The predicted molar refractivity (Wildman–Crippen MR) is 144 cm³/mol. The lowest BCUT2D eigenvalue weighted by molar-refractivity contribution is -0.188. The highest BCUT2D eigenvalue weighted by Crippen LogP contribution is 2.65. The number of likely N-dealkylation sites (tertiary alicyclic amines) is 1.